The van der Waals surface area contributed by atoms with Gasteiger partial charge in [0.15, 0.2) is 0 Å². The molecule has 4 nitrogen and oxygen atoms in total. The lowest BCUT2D eigenvalue weighted by atomic mass is 10.0. The van der Waals surface area contributed by atoms with Crippen molar-refractivity contribution in [2.75, 3.05) is 25.0 Å². The molecule has 1 amide bonds. The summed E-state index contributed by atoms with van der Waals surface area (Å²) in [5.41, 5.74) is 0.878. The highest BCUT2D eigenvalue weighted by molar-refractivity contribution is 14.1. The molecule has 2 N–H and O–H groups in total. The second-order valence-electron chi connectivity index (χ2n) is 5.93. The topological polar surface area (TPSA) is 44.4 Å². The number of piperidine rings is 1. The Morgan fingerprint density at radius 3 is 2.71 bits per heavy atom. The van der Waals surface area contributed by atoms with Crippen LogP contribution in [0.1, 0.15) is 26.7 Å². The van der Waals surface area contributed by atoms with Crippen LogP contribution in [0.15, 0.2) is 24.3 Å². The SMILES string of the molecule is CC(C)NC1CCN(CC(=O)Nc2cccc(I)c2)CC1. The number of likely N-dealkylation sites (tertiary alicyclic amines) is 1. The van der Waals surface area contributed by atoms with E-state index in [0.29, 0.717) is 18.6 Å². The zero-order valence-electron chi connectivity index (χ0n) is 12.7. The molecular weight excluding hydrogens is 377 g/mol. The number of rotatable bonds is 5. The van der Waals surface area contributed by atoms with Gasteiger partial charge in [0.05, 0.1) is 6.54 Å². The molecule has 1 aliphatic heterocycles. The smallest absolute Gasteiger partial charge is 0.238 e. The van der Waals surface area contributed by atoms with Gasteiger partial charge in [0.2, 0.25) is 5.91 Å². The van der Waals surface area contributed by atoms with Crippen LogP contribution in [0.3, 0.4) is 0 Å². The number of benzene rings is 1. The number of hydrogen-bond acceptors (Lipinski definition) is 3. The largest absolute Gasteiger partial charge is 0.325 e. The molecule has 0 saturated carbocycles. The van der Waals surface area contributed by atoms with Crippen molar-refractivity contribution in [1.29, 1.82) is 0 Å². The van der Waals surface area contributed by atoms with E-state index < -0.39 is 0 Å². The second kappa shape index (κ2) is 8.10. The normalized spacial score (nSPS) is 17.1. The van der Waals surface area contributed by atoms with E-state index in [1.165, 1.54) is 0 Å². The van der Waals surface area contributed by atoms with Gasteiger partial charge in [-0.15, -0.1) is 0 Å². The Bertz CT molecular complexity index is 470. The molecule has 116 valence electrons. The van der Waals surface area contributed by atoms with Crippen LogP contribution in [-0.2, 0) is 4.79 Å². The molecule has 2 rings (SSSR count). The van der Waals surface area contributed by atoms with E-state index >= 15 is 0 Å². The van der Waals surface area contributed by atoms with Gasteiger partial charge in [-0.25, -0.2) is 0 Å². The van der Waals surface area contributed by atoms with Gasteiger partial charge in [-0.05, 0) is 53.6 Å². The fourth-order valence-corrected chi connectivity index (χ4v) is 3.24. The third-order valence-corrected chi connectivity index (χ3v) is 4.30. The molecule has 21 heavy (non-hydrogen) atoms. The van der Waals surface area contributed by atoms with Crippen LogP contribution < -0.4 is 10.6 Å². The average Bonchev–Trinajstić information content (AvgIpc) is 2.40. The zero-order valence-corrected chi connectivity index (χ0v) is 14.9. The van der Waals surface area contributed by atoms with E-state index in [-0.39, 0.29) is 5.91 Å². The van der Waals surface area contributed by atoms with Crippen molar-refractivity contribution >= 4 is 34.2 Å². The number of carbonyl (C=O) groups is 1. The molecule has 1 saturated heterocycles. The molecule has 1 aromatic rings. The van der Waals surface area contributed by atoms with E-state index in [0.717, 1.165) is 35.2 Å². The molecule has 0 atom stereocenters. The second-order valence-corrected chi connectivity index (χ2v) is 7.18. The third kappa shape index (κ3) is 5.92. The van der Waals surface area contributed by atoms with Crippen molar-refractivity contribution in [3.05, 3.63) is 27.8 Å². The van der Waals surface area contributed by atoms with Crippen LogP contribution in [-0.4, -0.2) is 42.5 Å². The van der Waals surface area contributed by atoms with Crippen molar-refractivity contribution in [2.24, 2.45) is 0 Å². The molecule has 0 spiro atoms. The number of anilines is 1. The van der Waals surface area contributed by atoms with Crippen LogP contribution in [0, 0.1) is 3.57 Å². The molecule has 0 aliphatic carbocycles. The first-order valence-electron chi connectivity index (χ1n) is 7.57. The Morgan fingerprint density at radius 2 is 2.10 bits per heavy atom. The highest BCUT2D eigenvalue weighted by atomic mass is 127. The van der Waals surface area contributed by atoms with Gasteiger partial charge in [0, 0.05) is 34.4 Å². The minimum Gasteiger partial charge on any atom is -0.325 e. The van der Waals surface area contributed by atoms with Crippen molar-refractivity contribution in [2.45, 2.75) is 38.8 Å². The fraction of sp³-hybridized carbons (Fsp3) is 0.562. The highest BCUT2D eigenvalue weighted by Crippen LogP contribution is 2.14. The molecule has 1 aliphatic rings. The average molecular weight is 401 g/mol. The summed E-state index contributed by atoms with van der Waals surface area (Å²) in [7, 11) is 0. The molecule has 1 aromatic carbocycles. The lowest BCUT2D eigenvalue weighted by Crippen LogP contribution is -2.46. The minimum absolute atomic E-state index is 0.0762. The van der Waals surface area contributed by atoms with Crippen LogP contribution in [0.4, 0.5) is 5.69 Å². The first-order chi connectivity index (χ1) is 10.0. The molecule has 0 unspecified atom stereocenters. The van der Waals surface area contributed by atoms with E-state index in [1.54, 1.807) is 0 Å². The summed E-state index contributed by atoms with van der Waals surface area (Å²) in [5, 5.41) is 6.55. The standard InChI is InChI=1S/C16H24IN3O/c1-12(2)18-14-6-8-20(9-7-14)11-16(21)19-15-5-3-4-13(17)10-15/h3-5,10,12,14,18H,6-9,11H2,1-2H3,(H,19,21). The Hall–Kier alpha value is -0.660. The van der Waals surface area contributed by atoms with Crippen LogP contribution in [0.5, 0.6) is 0 Å². The van der Waals surface area contributed by atoms with E-state index in [1.807, 2.05) is 24.3 Å². The maximum Gasteiger partial charge on any atom is 0.238 e. The van der Waals surface area contributed by atoms with Gasteiger partial charge in [0.25, 0.3) is 0 Å². The molecule has 5 heteroatoms. The zero-order chi connectivity index (χ0) is 15.2. The first-order valence-corrected chi connectivity index (χ1v) is 8.64. The van der Waals surface area contributed by atoms with Gasteiger partial charge in [-0.1, -0.05) is 19.9 Å². The Balaban J connectivity index is 1.74. The summed E-state index contributed by atoms with van der Waals surface area (Å²) >= 11 is 2.25. The number of halogens is 1. The lowest BCUT2D eigenvalue weighted by molar-refractivity contribution is -0.117. The van der Waals surface area contributed by atoms with Gasteiger partial charge >= 0.3 is 0 Å². The summed E-state index contributed by atoms with van der Waals surface area (Å²) in [6.07, 6.45) is 2.24. The lowest BCUT2D eigenvalue weighted by Gasteiger charge is -2.32. The maximum absolute atomic E-state index is 12.1. The molecule has 0 aromatic heterocycles. The Kier molecular flexibility index (Phi) is 6.44. The first kappa shape index (κ1) is 16.7. The fourth-order valence-electron chi connectivity index (χ4n) is 2.70. The number of nitrogens with one attached hydrogen (secondary N) is 2. The van der Waals surface area contributed by atoms with Gasteiger partial charge in [-0.2, -0.15) is 0 Å². The number of nitrogens with zero attached hydrogens (tertiary/aromatic N) is 1. The summed E-state index contributed by atoms with van der Waals surface area (Å²) in [5.74, 6) is 0.0762. The summed E-state index contributed by atoms with van der Waals surface area (Å²) in [6.45, 7) is 6.83. The molecule has 1 heterocycles. The summed E-state index contributed by atoms with van der Waals surface area (Å²) in [4.78, 5) is 14.3. The predicted octanol–water partition coefficient (Wildman–Crippen LogP) is 2.69. The number of amides is 1. The Labute approximate surface area is 140 Å². The van der Waals surface area contributed by atoms with Crippen LogP contribution in [0.25, 0.3) is 0 Å². The summed E-state index contributed by atoms with van der Waals surface area (Å²) < 4.78 is 1.13. The molecule has 0 bridgehead atoms. The number of hydrogen-bond donors (Lipinski definition) is 2. The monoisotopic (exact) mass is 401 g/mol. The predicted molar refractivity (Wildman–Crippen MR) is 95.5 cm³/mol. The van der Waals surface area contributed by atoms with Gasteiger partial charge in [-0.3, -0.25) is 9.69 Å². The molecule has 0 radical (unpaired) electrons. The van der Waals surface area contributed by atoms with Gasteiger partial charge in [0.1, 0.15) is 0 Å². The molecule has 1 fully saturated rings. The van der Waals surface area contributed by atoms with E-state index in [9.17, 15) is 4.79 Å². The van der Waals surface area contributed by atoms with Gasteiger partial charge < -0.3 is 10.6 Å². The minimum atomic E-state index is 0.0762. The van der Waals surface area contributed by atoms with Crippen LogP contribution in [0.2, 0.25) is 0 Å². The van der Waals surface area contributed by atoms with E-state index in [2.05, 4.69) is 52.0 Å². The van der Waals surface area contributed by atoms with Crippen molar-refractivity contribution < 1.29 is 4.79 Å². The summed E-state index contributed by atoms with van der Waals surface area (Å²) in [6, 6.07) is 9.02. The number of carbonyl (C=O) groups excluding carboxylic acids is 1. The van der Waals surface area contributed by atoms with Crippen molar-refractivity contribution in [3.8, 4) is 0 Å². The highest BCUT2D eigenvalue weighted by Gasteiger charge is 2.20. The van der Waals surface area contributed by atoms with Crippen molar-refractivity contribution in [3.63, 3.8) is 0 Å². The van der Waals surface area contributed by atoms with Crippen molar-refractivity contribution in [1.82, 2.24) is 10.2 Å². The quantitative estimate of drug-likeness (QED) is 0.746. The Morgan fingerprint density at radius 1 is 1.38 bits per heavy atom. The molecular formula is C16H24IN3O. The third-order valence-electron chi connectivity index (χ3n) is 3.63. The van der Waals surface area contributed by atoms with E-state index in [4.69, 9.17) is 0 Å². The van der Waals surface area contributed by atoms with Crippen LogP contribution >= 0.6 is 22.6 Å². The maximum atomic E-state index is 12.1.